The molecule has 0 aliphatic carbocycles. The van der Waals surface area contributed by atoms with Gasteiger partial charge in [0.2, 0.25) is 0 Å². The van der Waals surface area contributed by atoms with Gasteiger partial charge in [0, 0.05) is 23.6 Å². The van der Waals surface area contributed by atoms with Gasteiger partial charge >= 0.3 is 0 Å². The highest BCUT2D eigenvalue weighted by Gasteiger charge is 2.46. The maximum absolute atomic E-state index is 13.2. The van der Waals surface area contributed by atoms with Crippen molar-refractivity contribution in [3.63, 3.8) is 0 Å². The van der Waals surface area contributed by atoms with Gasteiger partial charge in [-0.2, -0.15) is 0 Å². The second kappa shape index (κ2) is 8.19. The maximum Gasteiger partial charge on any atom is 0.300 e. The van der Waals surface area contributed by atoms with Crippen LogP contribution < -0.4 is 4.90 Å². The van der Waals surface area contributed by atoms with Crippen molar-refractivity contribution >= 4 is 23.1 Å². The smallest absolute Gasteiger partial charge is 0.300 e. The number of benzene rings is 2. The standard InChI is InChI=1S/C26H24N2O3/c1-16(2)18-7-9-21(10-8-18)28-23(20-6-4-5-17(3)15-20)22(25(30)26(28)31)24(29)19-11-13-27-14-12-19/h4-16,23,29H,1-3H3/b24-22-. The van der Waals surface area contributed by atoms with E-state index in [4.69, 9.17) is 0 Å². The molecule has 1 aromatic heterocycles. The van der Waals surface area contributed by atoms with Gasteiger partial charge in [-0.15, -0.1) is 0 Å². The predicted octanol–water partition coefficient (Wildman–Crippen LogP) is 5.14. The molecule has 1 aliphatic heterocycles. The van der Waals surface area contributed by atoms with E-state index in [1.54, 1.807) is 12.1 Å². The van der Waals surface area contributed by atoms with Gasteiger partial charge in [0.05, 0.1) is 11.6 Å². The number of pyridine rings is 1. The largest absolute Gasteiger partial charge is 0.507 e. The molecule has 31 heavy (non-hydrogen) atoms. The molecule has 4 rings (SSSR count). The third-order valence-corrected chi connectivity index (χ3v) is 5.59. The first kappa shape index (κ1) is 20.5. The first-order valence-corrected chi connectivity index (χ1v) is 10.3. The monoisotopic (exact) mass is 412 g/mol. The number of carbonyl (C=O) groups is 2. The van der Waals surface area contributed by atoms with Crippen LogP contribution in [0.1, 0.15) is 48.1 Å². The highest BCUT2D eigenvalue weighted by atomic mass is 16.3. The molecule has 3 aromatic rings. The number of aliphatic hydroxyl groups is 1. The van der Waals surface area contributed by atoms with Crippen LogP contribution in [0.4, 0.5) is 5.69 Å². The lowest BCUT2D eigenvalue weighted by Gasteiger charge is -2.26. The Hall–Kier alpha value is -3.73. The number of nitrogens with zero attached hydrogens (tertiary/aromatic N) is 2. The van der Waals surface area contributed by atoms with Gasteiger partial charge < -0.3 is 5.11 Å². The molecule has 0 bridgehead atoms. The molecule has 1 fully saturated rings. The van der Waals surface area contributed by atoms with Crippen molar-refractivity contribution in [2.75, 3.05) is 4.90 Å². The van der Waals surface area contributed by atoms with E-state index in [9.17, 15) is 14.7 Å². The van der Waals surface area contributed by atoms with E-state index in [1.165, 1.54) is 17.3 Å². The van der Waals surface area contributed by atoms with Crippen molar-refractivity contribution in [2.24, 2.45) is 0 Å². The number of ketones is 1. The van der Waals surface area contributed by atoms with E-state index in [2.05, 4.69) is 18.8 Å². The second-order valence-corrected chi connectivity index (χ2v) is 8.07. The molecule has 1 aliphatic rings. The maximum atomic E-state index is 13.2. The molecule has 0 saturated carbocycles. The number of aliphatic hydroxyl groups excluding tert-OH is 1. The molecular formula is C26H24N2O3. The third-order valence-electron chi connectivity index (χ3n) is 5.59. The summed E-state index contributed by atoms with van der Waals surface area (Å²) in [6, 6.07) is 17.8. The molecule has 1 atom stereocenters. The number of aromatic nitrogens is 1. The molecule has 1 amide bonds. The van der Waals surface area contributed by atoms with Gasteiger partial charge in [-0.05, 0) is 48.2 Å². The Bertz CT molecular complexity index is 1160. The molecule has 156 valence electrons. The molecule has 2 heterocycles. The van der Waals surface area contributed by atoms with E-state index in [1.807, 2.05) is 55.5 Å². The summed E-state index contributed by atoms with van der Waals surface area (Å²) < 4.78 is 0. The Labute approximate surface area is 181 Å². The normalized spacial score (nSPS) is 18.1. The van der Waals surface area contributed by atoms with E-state index in [0.29, 0.717) is 17.2 Å². The summed E-state index contributed by atoms with van der Waals surface area (Å²) in [5.41, 5.74) is 4.05. The van der Waals surface area contributed by atoms with Gasteiger partial charge in [0.15, 0.2) is 0 Å². The van der Waals surface area contributed by atoms with Crippen molar-refractivity contribution in [1.82, 2.24) is 4.98 Å². The van der Waals surface area contributed by atoms with Crippen molar-refractivity contribution in [3.05, 3.63) is 101 Å². The molecule has 5 nitrogen and oxygen atoms in total. The van der Waals surface area contributed by atoms with Crippen LogP contribution in [0.3, 0.4) is 0 Å². The van der Waals surface area contributed by atoms with Crippen LogP contribution in [-0.4, -0.2) is 21.8 Å². The number of carbonyl (C=O) groups excluding carboxylic acids is 2. The van der Waals surface area contributed by atoms with Gasteiger partial charge in [0.25, 0.3) is 11.7 Å². The third kappa shape index (κ3) is 3.75. The van der Waals surface area contributed by atoms with Crippen molar-refractivity contribution < 1.29 is 14.7 Å². The van der Waals surface area contributed by atoms with Crippen molar-refractivity contribution in [1.29, 1.82) is 0 Å². The summed E-state index contributed by atoms with van der Waals surface area (Å²) in [5.74, 6) is -1.20. The van der Waals surface area contributed by atoms with Crippen LogP contribution in [-0.2, 0) is 9.59 Å². The van der Waals surface area contributed by atoms with Crippen LogP contribution in [0.5, 0.6) is 0 Å². The zero-order chi connectivity index (χ0) is 22.1. The first-order chi connectivity index (χ1) is 14.9. The van der Waals surface area contributed by atoms with Crippen LogP contribution >= 0.6 is 0 Å². The first-order valence-electron chi connectivity index (χ1n) is 10.3. The fourth-order valence-corrected chi connectivity index (χ4v) is 3.94. The fourth-order valence-electron chi connectivity index (χ4n) is 3.94. The van der Waals surface area contributed by atoms with Gasteiger partial charge in [0.1, 0.15) is 5.76 Å². The zero-order valence-corrected chi connectivity index (χ0v) is 17.7. The average Bonchev–Trinajstić information content (AvgIpc) is 3.04. The summed E-state index contributed by atoms with van der Waals surface area (Å²) in [4.78, 5) is 31.7. The van der Waals surface area contributed by atoms with E-state index >= 15 is 0 Å². The number of aryl methyl sites for hydroxylation is 1. The van der Waals surface area contributed by atoms with E-state index in [0.717, 1.165) is 16.7 Å². The zero-order valence-electron chi connectivity index (χ0n) is 17.7. The Kier molecular flexibility index (Phi) is 5.42. The minimum absolute atomic E-state index is 0.0785. The lowest BCUT2D eigenvalue weighted by molar-refractivity contribution is -0.132. The Morgan fingerprint density at radius 1 is 1.00 bits per heavy atom. The Balaban J connectivity index is 1.92. The summed E-state index contributed by atoms with van der Waals surface area (Å²) in [5, 5.41) is 11.0. The number of Topliss-reactive ketones (excluding diaryl/α,β-unsaturated/α-hetero) is 1. The SMILES string of the molecule is Cc1cccc(C2/C(=C(/O)c3ccncc3)C(=O)C(=O)N2c2ccc(C(C)C)cc2)c1. The molecule has 0 spiro atoms. The van der Waals surface area contributed by atoms with Crippen LogP contribution in [0, 0.1) is 6.92 Å². The second-order valence-electron chi connectivity index (χ2n) is 8.07. The molecule has 1 N–H and O–H groups in total. The van der Waals surface area contributed by atoms with E-state index < -0.39 is 17.7 Å². The highest BCUT2D eigenvalue weighted by molar-refractivity contribution is 6.51. The van der Waals surface area contributed by atoms with E-state index in [-0.39, 0.29) is 11.3 Å². The van der Waals surface area contributed by atoms with Crippen molar-refractivity contribution in [3.8, 4) is 0 Å². The minimum atomic E-state index is -0.724. The summed E-state index contributed by atoms with van der Waals surface area (Å²) in [7, 11) is 0. The topological polar surface area (TPSA) is 70.5 Å². The van der Waals surface area contributed by atoms with Crippen molar-refractivity contribution in [2.45, 2.75) is 32.7 Å². The molecular weight excluding hydrogens is 388 g/mol. The molecule has 2 aromatic carbocycles. The minimum Gasteiger partial charge on any atom is -0.507 e. The van der Waals surface area contributed by atoms with Gasteiger partial charge in [-0.3, -0.25) is 19.5 Å². The average molecular weight is 412 g/mol. The molecule has 1 saturated heterocycles. The predicted molar refractivity (Wildman–Crippen MR) is 121 cm³/mol. The number of hydrogen-bond acceptors (Lipinski definition) is 4. The summed E-state index contributed by atoms with van der Waals surface area (Å²) in [6.45, 7) is 6.15. The van der Waals surface area contributed by atoms with Crippen LogP contribution in [0.25, 0.3) is 5.76 Å². The highest BCUT2D eigenvalue weighted by Crippen LogP contribution is 2.42. The Morgan fingerprint density at radius 3 is 2.29 bits per heavy atom. The quantitative estimate of drug-likeness (QED) is 0.366. The Morgan fingerprint density at radius 2 is 1.68 bits per heavy atom. The number of rotatable bonds is 4. The van der Waals surface area contributed by atoms with Gasteiger partial charge in [-0.1, -0.05) is 55.8 Å². The molecule has 5 heteroatoms. The number of hydrogen-bond donors (Lipinski definition) is 1. The fraction of sp³-hybridized carbons (Fsp3) is 0.192. The lowest BCUT2D eigenvalue weighted by Crippen LogP contribution is -2.29. The molecule has 0 radical (unpaired) electrons. The van der Waals surface area contributed by atoms with Crippen LogP contribution in [0.15, 0.2) is 78.6 Å². The number of anilines is 1. The van der Waals surface area contributed by atoms with Crippen LogP contribution in [0.2, 0.25) is 0 Å². The number of amides is 1. The summed E-state index contributed by atoms with van der Waals surface area (Å²) >= 11 is 0. The van der Waals surface area contributed by atoms with Gasteiger partial charge in [-0.25, -0.2) is 0 Å². The molecule has 1 unspecified atom stereocenters. The summed E-state index contributed by atoms with van der Waals surface area (Å²) in [6.07, 6.45) is 3.08. The lowest BCUT2D eigenvalue weighted by atomic mass is 9.94.